The van der Waals surface area contributed by atoms with E-state index in [1.807, 2.05) is 0 Å². The Balaban J connectivity index is 1.89. The van der Waals surface area contributed by atoms with E-state index in [0.29, 0.717) is 16.8 Å². The Labute approximate surface area is 179 Å². The predicted molar refractivity (Wildman–Crippen MR) is 113 cm³/mol. The van der Waals surface area contributed by atoms with Crippen LogP contribution in [0.4, 0.5) is 4.39 Å². The molecule has 0 aliphatic carbocycles. The van der Waals surface area contributed by atoms with Gasteiger partial charge in [-0.3, -0.25) is 14.4 Å². The average Bonchev–Trinajstić information content (AvgIpc) is 3.00. The van der Waals surface area contributed by atoms with Crippen LogP contribution >= 0.6 is 0 Å². The van der Waals surface area contributed by atoms with Gasteiger partial charge in [-0.2, -0.15) is 0 Å². The van der Waals surface area contributed by atoms with Crippen molar-refractivity contribution in [2.75, 3.05) is 20.7 Å². The number of rotatable bonds is 4. The highest BCUT2D eigenvalue weighted by Gasteiger charge is 2.57. The minimum absolute atomic E-state index is 0.108. The maximum atomic E-state index is 13.4. The minimum atomic E-state index is -0.634. The minimum Gasteiger partial charge on any atom is -0.396 e. The number of benzene rings is 1. The van der Waals surface area contributed by atoms with Crippen molar-refractivity contribution in [2.24, 2.45) is 11.8 Å². The third kappa shape index (κ3) is 3.26. The number of hydrogen-bond acceptors (Lipinski definition) is 4. The second-order valence-electron chi connectivity index (χ2n) is 8.37. The van der Waals surface area contributed by atoms with Gasteiger partial charge in [0.05, 0.1) is 18.0 Å². The van der Waals surface area contributed by atoms with E-state index in [9.17, 15) is 23.9 Å². The summed E-state index contributed by atoms with van der Waals surface area (Å²) in [6.45, 7) is 1.71. The molecular weight excluding hydrogens is 401 g/mol. The summed E-state index contributed by atoms with van der Waals surface area (Å²) in [7, 11) is 3.30. The molecule has 2 bridgehead atoms. The fourth-order valence-electron chi connectivity index (χ4n) is 5.06. The van der Waals surface area contributed by atoms with Crippen LogP contribution in [0.15, 0.2) is 41.2 Å². The van der Waals surface area contributed by atoms with Crippen molar-refractivity contribution < 1.29 is 19.1 Å². The lowest BCUT2D eigenvalue weighted by Crippen LogP contribution is -2.49. The van der Waals surface area contributed by atoms with Crippen LogP contribution in [0.2, 0.25) is 0 Å². The van der Waals surface area contributed by atoms with Gasteiger partial charge < -0.3 is 19.5 Å². The third-order valence-corrected chi connectivity index (χ3v) is 6.52. The van der Waals surface area contributed by atoms with Gasteiger partial charge in [-0.25, -0.2) is 4.39 Å². The Morgan fingerprint density at radius 1 is 1.16 bits per heavy atom. The fourth-order valence-corrected chi connectivity index (χ4v) is 5.06. The van der Waals surface area contributed by atoms with Gasteiger partial charge in [-0.15, -0.1) is 0 Å². The Kier molecular flexibility index (Phi) is 5.43. The number of amides is 2. The molecule has 164 valence electrons. The number of aliphatic hydroxyl groups excluding tert-OH is 1. The Bertz CT molecular complexity index is 1080. The lowest BCUT2D eigenvalue weighted by Gasteiger charge is -2.38. The maximum Gasteiger partial charge on any atom is 0.258 e. The highest BCUT2D eigenvalue weighted by atomic mass is 19.1. The Hall–Kier alpha value is -3.00. The predicted octanol–water partition coefficient (Wildman–Crippen LogP) is 1.64. The molecule has 7 nitrogen and oxygen atoms in total. The van der Waals surface area contributed by atoms with E-state index in [2.05, 4.69) is 0 Å². The van der Waals surface area contributed by atoms with Crippen LogP contribution in [0, 0.1) is 17.7 Å². The number of pyridine rings is 1. The normalized spacial score (nSPS) is 24.1. The van der Waals surface area contributed by atoms with Crippen LogP contribution in [0.3, 0.4) is 0 Å². The highest BCUT2D eigenvalue weighted by Crippen LogP contribution is 2.49. The van der Waals surface area contributed by atoms with Gasteiger partial charge in [-0.1, -0.05) is 19.1 Å². The van der Waals surface area contributed by atoms with Gasteiger partial charge >= 0.3 is 0 Å². The molecule has 0 saturated carbocycles. The number of carbonyl (C=O) groups excluding carboxylic acids is 2. The Morgan fingerprint density at radius 3 is 2.42 bits per heavy atom. The van der Waals surface area contributed by atoms with E-state index in [4.69, 9.17) is 0 Å². The molecule has 2 aromatic rings. The second kappa shape index (κ2) is 7.92. The first-order valence-corrected chi connectivity index (χ1v) is 10.4. The molecule has 2 aliphatic rings. The van der Waals surface area contributed by atoms with Gasteiger partial charge in [-0.05, 0) is 29.8 Å². The zero-order valence-electron chi connectivity index (χ0n) is 17.8. The molecule has 0 spiro atoms. The van der Waals surface area contributed by atoms with Crippen molar-refractivity contribution in [1.29, 1.82) is 0 Å². The smallest absolute Gasteiger partial charge is 0.258 e. The molecule has 31 heavy (non-hydrogen) atoms. The lowest BCUT2D eigenvalue weighted by atomic mass is 9.86. The maximum absolute atomic E-state index is 13.4. The molecule has 1 saturated heterocycles. The number of carbonyl (C=O) groups is 2. The molecule has 2 amide bonds. The molecule has 4 atom stereocenters. The van der Waals surface area contributed by atoms with E-state index >= 15 is 0 Å². The van der Waals surface area contributed by atoms with Gasteiger partial charge in [0.2, 0.25) is 11.8 Å². The van der Waals surface area contributed by atoms with E-state index in [1.165, 1.54) is 17.0 Å². The topological polar surface area (TPSA) is 82.9 Å². The van der Waals surface area contributed by atoms with Crippen molar-refractivity contribution in [3.63, 3.8) is 0 Å². The molecule has 1 aromatic heterocycles. The molecule has 0 unspecified atom stereocenters. The largest absolute Gasteiger partial charge is 0.396 e. The van der Waals surface area contributed by atoms with Gasteiger partial charge in [0, 0.05) is 50.8 Å². The van der Waals surface area contributed by atoms with Crippen molar-refractivity contribution >= 4 is 11.8 Å². The SMILES string of the molecule is CCC(=O)N1[C@@H]2c3ccc(-c4ccc(F)cc4)c(=O)n3C[C@H]1[C@H](CO)[C@H]2C(=O)N(C)C. The van der Waals surface area contributed by atoms with Crippen LogP contribution < -0.4 is 5.56 Å². The number of halogens is 1. The molecule has 8 heteroatoms. The fraction of sp³-hybridized carbons (Fsp3) is 0.435. The quantitative estimate of drug-likeness (QED) is 0.804. The summed E-state index contributed by atoms with van der Waals surface area (Å²) in [5.74, 6) is -1.77. The van der Waals surface area contributed by atoms with Crippen LogP contribution in [0.5, 0.6) is 0 Å². The summed E-state index contributed by atoms with van der Waals surface area (Å²) in [6, 6.07) is 8.08. The second-order valence-corrected chi connectivity index (χ2v) is 8.37. The summed E-state index contributed by atoms with van der Waals surface area (Å²) in [5.41, 5.74) is 1.36. The standard InChI is InChI=1S/C23H26FN3O4/c1-4-19(29)27-18-11-26-17(21(27)20(16(18)12-28)23(31)25(2)3)10-9-15(22(26)30)13-5-7-14(24)8-6-13/h5-10,16,18,20-21,28H,4,11-12H2,1-3H3/t16-,18-,20+,21+/m0/s1. The summed E-state index contributed by atoms with van der Waals surface area (Å²) < 4.78 is 14.9. The van der Waals surface area contributed by atoms with E-state index in [1.54, 1.807) is 54.8 Å². The van der Waals surface area contributed by atoms with Gasteiger partial charge in [0.15, 0.2) is 0 Å². The zero-order chi connectivity index (χ0) is 22.4. The van der Waals surface area contributed by atoms with Crippen molar-refractivity contribution in [3.8, 4) is 11.1 Å². The monoisotopic (exact) mass is 427 g/mol. The van der Waals surface area contributed by atoms with Crippen LogP contribution in [-0.2, 0) is 16.1 Å². The molecule has 0 radical (unpaired) electrons. The molecule has 4 rings (SSSR count). The molecular formula is C23H26FN3O4. The average molecular weight is 427 g/mol. The van der Waals surface area contributed by atoms with Gasteiger partial charge in [0.1, 0.15) is 5.82 Å². The molecule has 1 fully saturated rings. The number of aromatic nitrogens is 1. The highest BCUT2D eigenvalue weighted by molar-refractivity contribution is 5.84. The first kappa shape index (κ1) is 21.2. The van der Waals surface area contributed by atoms with Crippen LogP contribution in [0.1, 0.15) is 25.1 Å². The van der Waals surface area contributed by atoms with E-state index < -0.39 is 23.9 Å². The molecule has 1 N–H and O–H groups in total. The van der Waals surface area contributed by atoms with E-state index in [0.717, 1.165) is 0 Å². The first-order valence-electron chi connectivity index (χ1n) is 10.4. The molecule has 2 aliphatic heterocycles. The van der Waals surface area contributed by atoms with Crippen LogP contribution in [-0.4, -0.2) is 58.0 Å². The lowest BCUT2D eigenvalue weighted by molar-refractivity contribution is -0.138. The summed E-state index contributed by atoms with van der Waals surface area (Å²) >= 11 is 0. The number of hydrogen-bond donors (Lipinski definition) is 1. The number of aliphatic hydroxyl groups is 1. The van der Waals surface area contributed by atoms with Crippen molar-refractivity contribution in [1.82, 2.24) is 14.4 Å². The van der Waals surface area contributed by atoms with Crippen LogP contribution in [0.25, 0.3) is 11.1 Å². The first-order chi connectivity index (χ1) is 14.8. The summed E-state index contributed by atoms with van der Waals surface area (Å²) in [5, 5.41) is 10.2. The van der Waals surface area contributed by atoms with Gasteiger partial charge in [0.25, 0.3) is 5.56 Å². The molecule has 3 heterocycles. The number of fused-ring (bicyclic) bond motifs is 4. The summed E-state index contributed by atoms with van der Waals surface area (Å²) in [4.78, 5) is 42.5. The number of nitrogens with zero attached hydrogens (tertiary/aromatic N) is 3. The van der Waals surface area contributed by atoms with Crippen molar-refractivity contribution in [2.45, 2.75) is 32.0 Å². The Morgan fingerprint density at radius 2 is 1.84 bits per heavy atom. The van der Waals surface area contributed by atoms with Crippen molar-refractivity contribution in [3.05, 3.63) is 58.3 Å². The van der Waals surface area contributed by atoms with E-state index in [-0.39, 0.29) is 42.8 Å². The summed E-state index contributed by atoms with van der Waals surface area (Å²) in [6.07, 6.45) is 0.270. The third-order valence-electron chi connectivity index (χ3n) is 6.52. The zero-order valence-corrected chi connectivity index (χ0v) is 17.8. The molecule has 1 aromatic carbocycles.